The van der Waals surface area contributed by atoms with Gasteiger partial charge in [0.05, 0.1) is 5.02 Å². The van der Waals surface area contributed by atoms with Crippen LogP contribution in [0.5, 0.6) is 0 Å². The molecule has 0 fully saturated rings. The molecule has 0 saturated heterocycles. The van der Waals surface area contributed by atoms with Crippen molar-refractivity contribution in [2.75, 3.05) is 0 Å². The van der Waals surface area contributed by atoms with Crippen LogP contribution in [0.2, 0.25) is 5.02 Å². The summed E-state index contributed by atoms with van der Waals surface area (Å²) in [4.78, 5) is 9.08. The minimum absolute atomic E-state index is 0.0476. The Morgan fingerprint density at radius 3 is 1.96 bits per heavy atom. The predicted octanol–water partition coefficient (Wildman–Crippen LogP) is 3.42. The lowest BCUT2D eigenvalue weighted by Crippen LogP contribution is -2.52. The Morgan fingerprint density at radius 1 is 0.741 bits per heavy atom. The lowest BCUT2D eigenvalue weighted by atomic mass is 9.50. The summed E-state index contributed by atoms with van der Waals surface area (Å²) in [5, 5.41) is 0.659. The molecule has 0 spiro atoms. The molecule has 4 aromatic rings. The van der Waals surface area contributed by atoms with Gasteiger partial charge in [0.15, 0.2) is 5.82 Å². The summed E-state index contributed by atoms with van der Waals surface area (Å²) in [6.07, 6.45) is 3.67. The number of hydrogen-bond donors (Lipinski definition) is 0. The summed E-state index contributed by atoms with van der Waals surface area (Å²) in [6.45, 7) is -0.0476. The van der Waals surface area contributed by atoms with E-state index in [4.69, 9.17) is 16.6 Å². The number of halogens is 1. The molecule has 0 aliphatic carbocycles. The zero-order chi connectivity index (χ0) is 18.5. The zero-order valence-corrected chi connectivity index (χ0v) is 15.4. The second-order valence-corrected chi connectivity index (χ2v) is 6.57. The third-order valence-electron chi connectivity index (χ3n) is 4.31. The summed E-state index contributed by atoms with van der Waals surface area (Å²) in [5.41, 5.74) is 3.11. The fourth-order valence-corrected chi connectivity index (χ4v) is 3.27. The van der Waals surface area contributed by atoms with E-state index in [1.54, 1.807) is 6.20 Å². The van der Waals surface area contributed by atoms with Gasteiger partial charge in [0.2, 0.25) is 0 Å². The Hall–Kier alpha value is -3.11. The third kappa shape index (κ3) is 4.02. The summed E-state index contributed by atoms with van der Waals surface area (Å²) in [6, 6.07) is 30.2. The maximum Gasteiger partial charge on any atom is 0.329 e. The molecule has 0 N–H and O–H groups in total. The van der Waals surface area contributed by atoms with Crippen molar-refractivity contribution in [3.8, 4) is 0 Å². The SMILES string of the molecule is Clc1cc/c(=N\c2ccccn2)n(B(c2ccccc2)c2ccccc2)c1. The van der Waals surface area contributed by atoms with Crippen molar-refractivity contribution in [2.45, 2.75) is 0 Å². The Morgan fingerprint density at radius 2 is 1.37 bits per heavy atom. The summed E-state index contributed by atoms with van der Waals surface area (Å²) in [5.74, 6) is 0.661. The summed E-state index contributed by atoms with van der Waals surface area (Å²) < 4.78 is 2.10. The van der Waals surface area contributed by atoms with Gasteiger partial charge in [-0.05, 0) is 24.3 Å². The average molecular weight is 370 g/mol. The Bertz CT molecular complexity index is 1040. The minimum atomic E-state index is -0.0476. The highest BCUT2D eigenvalue weighted by Gasteiger charge is 2.22. The topological polar surface area (TPSA) is 30.2 Å². The van der Waals surface area contributed by atoms with Gasteiger partial charge in [-0.2, -0.15) is 0 Å². The zero-order valence-electron chi connectivity index (χ0n) is 14.6. The molecular weight excluding hydrogens is 353 g/mol. The van der Waals surface area contributed by atoms with Crippen LogP contribution in [0.1, 0.15) is 0 Å². The second-order valence-electron chi connectivity index (χ2n) is 6.14. The number of rotatable bonds is 4. The molecule has 0 atom stereocenters. The molecular formula is C22H17BClN3. The molecule has 130 valence electrons. The molecule has 0 saturated carbocycles. The van der Waals surface area contributed by atoms with Crippen molar-refractivity contribution in [3.05, 3.63) is 114 Å². The number of hydrogen-bond acceptors (Lipinski definition) is 2. The van der Waals surface area contributed by atoms with E-state index in [0.29, 0.717) is 10.8 Å². The van der Waals surface area contributed by atoms with Crippen LogP contribution in [-0.2, 0) is 0 Å². The van der Waals surface area contributed by atoms with Gasteiger partial charge < -0.3 is 4.48 Å². The van der Waals surface area contributed by atoms with Crippen molar-refractivity contribution < 1.29 is 0 Å². The monoisotopic (exact) mass is 369 g/mol. The molecule has 0 bridgehead atoms. The molecule has 2 heterocycles. The van der Waals surface area contributed by atoms with E-state index in [1.165, 1.54) is 0 Å². The Kier molecular flexibility index (Phi) is 5.17. The van der Waals surface area contributed by atoms with E-state index in [-0.39, 0.29) is 6.85 Å². The fraction of sp³-hybridized carbons (Fsp3) is 0. The van der Waals surface area contributed by atoms with Gasteiger partial charge in [-0.1, -0.05) is 89.3 Å². The fourth-order valence-electron chi connectivity index (χ4n) is 3.11. The van der Waals surface area contributed by atoms with Crippen molar-refractivity contribution in [2.24, 2.45) is 4.99 Å². The van der Waals surface area contributed by atoms with Crippen molar-refractivity contribution in [3.63, 3.8) is 0 Å². The van der Waals surface area contributed by atoms with Crippen LogP contribution < -0.4 is 16.4 Å². The van der Waals surface area contributed by atoms with E-state index in [9.17, 15) is 0 Å². The van der Waals surface area contributed by atoms with Gasteiger partial charge >= 0.3 is 6.85 Å². The van der Waals surface area contributed by atoms with Crippen LogP contribution in [0, 0.1) is 0 Å². The molecule has 4 rings (SSSR count). The summed E-state index contributed by atoms with van der Waals surface area (Å²) >= 11 is 6.36. The highest BCUT2D eigenvalue weighted by molar-refractivity contribution is 6.83. The van der Waals surface area contributed by atoms with E-state index in [2.05, 4.69) is 33.7 Å². The normalized spacial score (nSPS) is 11.4. The van der Waals surface area contributed by atoms with Gasteiger partial charge in [-0.25, -0.2) is 9.98 Å². The maximum atomic E-state index is 6.36. The first kappa shape index (κ1) is 17.3. The largest absolute Gasteiger partial charge is 0.366 e. The molecule has 0 aliphatic rings. The molecule has 5 heteroatoms. The number of pyridine rings is 2. The van der Waals surface area contributed by atoms with Gasteiger partial charge in [0, 0.05) is 12.4 Å². The molecule has 0 amide bonds. The first-order chi connectivity index (χ1) is 13.3. The van der Waals surface area contributed by atoms with Crippen molar-refractivity contribution in [1.82, 2.24) is 9.46 Å². The number of aromatic nitrogens is 2. The standard InChI is InChI=1S/C22H17BClN3/c24-20-14-15-22(26-21-13-7-8-16-25-21)27(17-20)23(18-9-3-1-4-10-18)19-11-5-2-6-12-19/h1-17H/b26-22+. The highest BCUT2D eigenvalue weighted by Crippen LogP contribution is 2.07. The van der Waals surface area contributed by atoms with E-state index in [1.807, 2.05) is 72.9 Å². The van der Waals surface area contributed by atoms with Gasteiger partial charge in [0.1, 0.15) is 5.49 Å². The number of benzene rings is 2. The molecule has 0 radical (unpaired) electrons. The third-order valence-corrected chi connectivity index (χ3v) is 4.53. The van der Waals surface area contributed by atoms with Crippen LogP contribution in [0.4, 0.5) is 5.82 Å². The highest BCUT2D eigenvalue weighted by atomic mass is 35.5. The molecule has 2 aromatic heterocycles. The van der Waals surface area contributed by atoms with Crippen LogP contribution in [0.25, 0.3) is 0 Å². The van der Waals surface area contributed by atoms with Crippen LogP contribution in [0.15, 0.2) is 108 Å². The van der Waals surface area contributed by atoms with E-state index in [0.717, 1.165) is 16.4 Å². The van der Waals surface area contributed by atoms with E-state index < -0.39 is 0 Å². The Labute approximate surface area is 163 Å². The number of nitrogens with zero attached hydrogens (tertiary/aromatic N) is 3. The maximum absolute atomic E-state index is 6.36. The first-order valence-corrected chi connectivity index (χ1v) is 9.12. The molecule has 27 heavy (non-hydrogen) atoms. The second kappa shape index (κ2) is 8.06. The first-order valence-electron chi connectivity index (χ1n) is 8.74. The van der Waals surface area contributed by atoms with E-state index >= 15 is 0 Å². The predicted molar refractivity (Wildman–Crippen MR) is 112 cm³/mol. The average Bonchev–Trinajstić information content (AvgIpc) is 2.73. The molecule has 3 nitrogen and oxygen atoms in total. The lowest BCUT2D eigenvalue weighted by molar-refractivity contribution is 1.03. The van der Waals surface area contributed by atoms with Gasteiger partial charge in [0.25, 0.3) is 0 Å². The van der Waals surface area contributed by atoms with Crippen molar-refractivity contribution in [1.29, 1.82) is 0 Å². The minimum Gasteiger partial charge on any atom is -0.366 e. The Balaban J connectivity index is 1.96. The van der Waals surface area contributed by atoms with Crippen LogP contribution in [-0.4, -0.2) is 16.3 Å². The quantitative estimate of drug-likeness (QED) is 0.507. The van der Waals surface area contributed by atoms with Crippen LogP contribution in [0.3, 0.4) is 0 Å². The van der Waals surface area contributed by atoms with Gasteiger partial charge in [-0.15, -0.1) is 0 Å². The van der Waals surface area contributed by atoms with Crippen molar-refractivity contribution >= 4 is 35.2 Å². The molecule has 2 aromatic carbocycles. The molecule has 0 unspecified atom stereocenters. The van der Waals surface area contributed by atoms with Gasteiger partial charge in [-0.3, -0.25) is 0 Å². The smallest absolute Gasteiger partial charge is 0.329 e. The van der Waals surface area contributed by atoms with Crippen LogP contribution >= 0.6 is 11.6 Å². The molecule has 0 aliphatic heterocycles. The summed E-state index contributed by atoms with van der Waals surface area (Å²) in [7, 11) is 0. The lowest BCUT2D eigenvalue weighted by Gasteiger charge is -2.19.